The molecule has 1 heterocycles. The van der Waals surface area contributed by atoms with E-state index in [1.54, 1.807) is 29.7 Å². The van der Waals surface area contributed by atoms with E-state index in [4.69, 9.17) is 0 Å². The zero-order valence-corrected chi connectivity index (χ0v) is 12.6. The molecule has 1 aromatic carbocycles. The Morgan fingerprint density at radius 1 is 1.30 bits per heavy atom. The van der Waals surface area contributed by atoms with Gasteiger partial charge in [0, 0.05) is 18.3 Å². The molecule has 0 amide bonds. The van der Waals surface area contributed by atoms with Crippen LogP contribution in [-0.2, 0) is 0 Å². The molecule has 2 rings (SSSR count). The van der Waals surface area contributed by atoms with Crippen LogP contribution in [0.4, 0.5) is 5.69 Å². The largest absolute Gasteiger partial charge is 0.280 e. The van der Waals surface area contributed by atoms with Crippen molar-refractivity contribution < 1.29 is 4.92 Å². The summed E-state index contributed by atoms with van der Waals surface area (Å²) in [5.41, 5.74) is 0.890. The number of hydrogen-bond acceptors (Lipinski definition) is 4. The fourth-order valence-electron chi connectivity index (χ4n) is 1.39. The van der Waals surface area contributed by atoms with E-state index in [0.717, 1.165) is 14.2 Å². The van der Waals surface area contributed by atoms with Crippen molar-refractivity contribution in [1.29, 1.82) is 0 Å². The molecule has 1 aromatic heterocycles. The minimum atomic E-state index is -0.425. The van der Waals surface area contributed by atoms with Crippen molar-refractivity contribution in [2.75, 3.05) is 6.54 Å². The average Bonchev–Trinajstić information content (AvgIpc) is 2.84. The van der Waals surface area contributed by atoms with Gasteiger partial charge >= 0.3 is 0 Å². The highest BCUT2D eigenvalue weighted by Crippen LogP contribution is 2.20. The van der Waals surface area contributed by atoms with Gasteiger partial charge in [0.1, 0.15) is 6.54 Å². The highest BCUT2D eigenvalue weighted by Gasteiger charge is 2.02. The van der Waals surface area contributed by atoms with Gasteiger partial charge in [0.2, 0.25) is 0 Å². The SMILES string of the molecule is O=[N+]([O-])c1ccc(C=NCC#Cc2ccc(Br)s2)cc1. The van der Waals surface area contributed by atoms with Crippen LogP contribution in [0, 0.1) is 22.0 Å². The van der Waals surface area contributed by atoms with E-state index in [9.17, 15) is 10.1 Å². The molecule has 0 saturated heterocycles. The van der Waals surface area contributed by atoms with Crippen LogP contribution in [0.3, 0.4) is 0 Å². The summed E-state index contributed by atoms with van der Waals surface area (Å²) in [5, 5.41) is 10.5. The average molecular weight is 349 g/mol. The summed E-state index contributed by atoms with van der Waals surface area (Å²) in [4.78, 5) is 15.2. The standard InChI is InChI=1S/C14H9BrN2O2S/c15-14-8-7-13(20-14)2-1-9-16-10-11-3-5-12(6-4-11)17(18)19/h3-8,10H,9H2. The molecule has 0 aliphatic carbocycles. The molecule has 0 fully saturated rings. The maximum atomic E-state index is 10.5. The summed E-state index contributed by atoms with van der Waals surface area (Å²) in [7, 11) is 0. The number of halogens is 1. The van der Waals surface area contributed by atoms with Crippen LogP contribution in [0.2, 0.25) is 0 Å². The summed E-state index contributed by atoms with van der Waals surface area (Å²) in [5.74, 6) is 5.96. The van der Waals surface area contributed by atoms with Crippen LogP contribution in [-0.4, -0.2) is 17.7 Å². The second-order valence-corrected chi connectivity index (χ2v) is 6.19. The Labute approximate surface area is 128 Å². The van der Waals surface area contributed by atoms with E-state index in [2.05, 4.69) is 32.8 Å². The first-order valence-electron chi connectivity index (χ1n) is 5.63. The third-order valence-electron chi connectivity index (χ3n) is 2.30. The maximum absolute atomic E-state index is 10.5. The Morgan fingerprint density at radius 2 is 2.05 bits per heavy atom. The minimum absolute atomic E-state index is 0.0743. The normalized spacial score (nSPS) is 10.2. The Bertz CT molecular complexity index is 696. The molecule has 0 spiro atoms. The summed E-state index contributed by atoms with van der Waals surface area (Å²) in [6, 6.07) is 10.1. The second-order valence-electron chi connectivity index (χ2n) is 3.72. The smallest absolute Gasteiger partial charge is 0.269 e. The first kappa shape index (κ1) is 14.4. The fourth-order valence-corrected chi connectivity index (χ4v) is 2.65. The summed E-state index contributed by atoms with van der Waals surface area (Å²) >= 11 is 4.95. The predicted octanol–water partition coefficient (Wildman–Crippen LogP) is 3.89. The van der Waals surface area contributed by atoms with Gasteiger partial charge in [-0.3, -0.25) is 15.1 Å². The summed E-state index contributed by atoms with van der Waals surface area (Å²) in [6.07, 6.45) is 1.66. The van der Waals surface area contributed by atoms with Crippen molar-refractivity contribution in [2.24, 2.45) is 4.99 Å². The van der Waals surface area contributed by atoms with E-state index in [0.29, 0.717) is 6.54 Å². The molecule has 2 aromatic rings. The van der Waals surface area contributed by atoms with Gasteiger partial charge in [0.15, 0.2) is 0 Å². The summed E-state index contributed by atoms with van der Waals surface area (Å²) in [6.45, 7) is 0.395. The molecular weight excluding hydrogens is 340 g/mol. The Kier molecular flexibility index (Phi) is 5.04. The van der Waals surface area contributed by atoms with Gasteiger partial charge in [0.05, 0.1) is 13.6 Å². The van der Waals surface area contributed by atoms with Gasteiger partial charge < -0.3 is 0 Å². The van der Waals surface area contributed by atoms with Crippen LogP contribution >= 0.6 is 27.3 Å². The van der Waals surface area contributed by atoms with Crippen molar-refractivity contribution in [3.05, 3.63) is 60.7 Å². The minimum Gasteiger partial charge on any atom is -0.280 e. The molecule has 4 nitrogen and oxygen atoms in total. The molecule has 0 atom stereocenters. The molecule has 0 aliphatic heterocycles. The molecule has 0 aliphatic rings. The lowest BCUT2D eigenvalue weighted by Gasteiger charge is -1.92. The van der Waals surface area contributed by atoms with Gasteiger partial charge in [-0.1, -0.05) is 11.8 Å². The fraction of sp³-hybridized carbons (Fsp3) is 0.0714. The van der Waals surface area contributed by atoms with Gasteiger partial charge in [0.25, 0.3) is 5.69 Å². The van der Waals surface area contributed by atoms with Crippen LogP contribution < -0.4 is 0 Å². The number of thiophene rings is 1. The first-order chi connectivity index (χ1) is 9.65. The number of nitro benzene ring substituents is 1. The molecule has 100 valence electrons. The number of rotatable bonds is 3. The number of non-ortho nitro benzene ring substituents is 1. The quantitative estimate of drug-likeness (QED) is 0.365. The third kappa shape index (κ3) is 4.30. The van der Waals surface area contributed by atoms with Crippen LogP contribution in [0.25, 0.3) is 0 Å². The number of aliphatic imine (C=N–C) groups is 1. The molecule has 0 unspecified atom stereocenters. The van der Waals surface area contributed by atoms with Crippen LogP contribution in [0.5, 0.6) is 0 Å². The highest BCUT2D eigenvalue weighted by atomic mass is 79.9. The van der Waals surface area contributed by atoms with E-state index in [1.165, 1.54) is 12.1 Å². The molecule has 0 N–H and O–H groups in total. The zero-order chi connectivity index (χ0) is 14.4. The Balaban J connectivity index is 1.90. The highest BCUT2D eigenvalue weighted by molar-refractivity contribution is 9.11. The van der Waals surface area contributed by atoms with Crippen molar-refractivity contribution in [3.8, 4) is 11.8 Å². The van der Waals surface area contributed by atoms with Gasteiger partial charge in [-0.05, 0) is 45.8 Å². The first-order valence-corrected chi connectivity index (χ1v) is 7.24. The van der Waals surface area contributed by atoms with E-state index in [1.807, 2.05) is 12.1 Å². The number of nitro groups is 1. The lowest BCUT2D eigenvalue weighted by atomic mass is 10.2. The van der Waals surface area contributed by atoms with Crippen molar-refractivity contribution in [3.63, 3.8) is 0 Å². The molecule has 6 heteroatoms. The Morgan fingerprint density at radius 3 is 2.65 bits per heavy atom. The van der Waals surface area contributed by atoms with Crippen molar-refractivity contribution in [2.45, 2.75) is 0 Å². The number of hydrogen-bond donors (Lipinski definition) is 0. The lowest BCUT2D eigenvalue weighted by molar-refractivity contribution is -0.384. The topological polar surface area (TPSA) is 55.5 Å². The van der Waals surface area contributed by atoms with Crippen LogP contribution in [0.1, 0.15) is 10.4 Å². The summed E-state index contributed by atoms with van der Waals surface area (Å²) < 4.78 is 1.05. The predicted molar refractivity (Wildman–Crippen MR) is 84.5 cm³/mol. The number of benzene rings is 1. The van der Waals surface area contributed by atoms with Crippen molar-refractivity contribution >= 4 is 39.2 Å². The third-order valence-corrected chi connectivity index (χ3v) is 3.84. The van der Waals surface area contributed by atoms with Crippen molar-refractivity contribution in [1.82, 2.24) is 0 Å². The lowest BCUT2D eigenvalue weighted by Crippen LogP contribution is -1.88. The maximum Gasteiger partial charge on any atom is 0.269 e. The molecule has 20 heavy (non-hydrogen) atoms. The Hall–Kier alpha value is -1.97. The second kappa shape index (κ2) is 6.98. The van der Waals surface area contributed by atoms with E-state index >= 15 is 0 Å². The molecule has 0 bridgehead atoms. The van der Waals surface area contributed by atoms with Gasteiger partial charge in [-0.15, -0.1) is 11.3 Å². The van der Waals surface area contributed by atoms with E-state index in [-0.39, 0.29) is 5.69 Å². The zero-order valence-electron chi connectivity index (χ0n) is 10.2. The monoisotopic (exact) mass is 348 g/mol. The van der Waals surface area contributed by atoms with Crippen LogP contribution in [0.15, 0.2) is 45.2 Å². The number of nitrogens with zero attached hydrogens (tertiary/aromatic N) is 2. The van der Waals surface area contributed by atoms with Gasteiger partial charge in [-0.2, -0.15) is 0 Å². The van der Waals surface area contributed by atoms with Gasteiger partial charge in [-0.25, -0.2) is 0 Å². The molecule has 0 saturated carbocycles. The molecular formula is C14H9BrN2O2S. The molecule has 0 radical (unpaired) electrons. The van der Waals surface area contributed by atoms with E-state index < -0.39 is 4.92 Å².